The normalized spacial score (nSPS) is 10.1. The van der Waals surface area contributed by atoms with Crippen LogP contribution in [0.15, 0.2) is 28.9 Å². The number of halogens is 1. The maximum Gasteiger partial charge on any atom is 0.141 e. The van der Waals surface area contributed by atoms with Crippen molar-refractivity contribution in [1.82, 2.24) is 9.55 Å². The molecule has 0 aliphatic rings. The van der Waals surface area contributed by atoms with Crippen molar-refractivity contribution in [3.8, 4) is 23.2 Å². The van der Waals surface area contributed by atoms with Gasteiger partial charge in [0.2, 0.25) is 0 Å². The Balaban J connectivity index is 2.51. The smallest absolute Gasteiger partial charge is 0.141 e. The van der Waals surface area contributed by atoms with E-state index < -0.39 is 0 Å². The summed E-state index contributed by atoms with van der Waals surface area (Å²) in [6, 6.07) is 9.83. The lowest BCUT2D eigenvalue weighted by molar-refractivity contribution is 0.415. The summed E-state index contributed by atoms with van der Waals surface area (Å²) in [4.78, 5) is 4.45. The van der Waals surface area contributed by atoms with Gasteiger partial charge in [-0.1, -0.05) is 12.1 Å². The number of rotatable bonds is 3. The lowest BCUT2D eigenvalue weighted by Crippen LogP contribution is -1.98. The van der Waals surface area contributed by atoms with Gasteiger partial charge in [-0.25, -0.2) is 4.98 Å². The van der Waals surface area contributed by atoms with Crippen LogP contribution in [0.25, 0.3) is 11.4 Å². The maximum atomic E-state index is 8.80. The maximum absolute atomic E-state index is 8.80. The molecule has 92 valence electrons. The molecule has 0 bridgehead atoms. The molecule has 0 saturated carbocycles. The second kappa shape index (κ2) is 5.23. The van der Waals surface area contributed by atoms with Crippen molar-refractivity contribution < 1.29 is 4.74 Å². The van der Waals surface area contributed by atoms with Gasteiger partial charge in [0, 0.05) is 12.6 Å². The molecule has 0 fully saturated rings. The molecule has 0 radical (unpaired) electrons. The fourth-order valence-electron chi connectivity index (χ4n) is 1.79. The third-order valence-corrected chi connectivity index (χ3v) is 3.37. The molecule has 4 nitrogen and oxygen atoms in total. The molecule has 1 aromatic heterocycles. The third-order valence-electron chi connectivity index (χ3n) is 2.74. The molecule has 0 amide bonds. The van der Waals surface area contributed by atoms with Gasteiger partial charge in [0.15, 0.2) is 0 Å². The van der Waals surface area contributed by atoms with E-state index in [2.05, 4.69) is 27.0 Å². The van der Waals surface area contributed by atoms with E-state index in [9.17, 15) is 0 Å². The van der Waals surface area contributed by atoms with Crippen LogP contribution in [0.5, 0.6) is 5.75 Å². The molecule has 2 aromatic rings. The zero-order valence-electron chi connectivity index (χ0n) is 10.1. The Kier molecular flexibility index (Phi) is 3.68. The fraction of sp³-hybridized carbons (Fsp3) is 0.231. The Labute approximate surface area is 114 Å². The van der Waals surface area contributed by atoms with Crippen LogP contribution < -0.4 is 4.74 Å². The van der Waals surface area contributed by atoms with E-state index in [1.807, 2.05) is 35.9 Å². The lowest BCUT2D eigenvalue weighted by atomic mass is 10.2. The number of aromatic nitrogens is 2. The Bertz CT molecular complexity index is 613. The van der Waals surface area contributed by atoms with E-state index in [4.69, 9.17) is 10.00 Å². The predicted molar refractivity (Wildman–Crippen MR) is 72.2 cm³/mol. The van der Waals surface area contributed by atoms with Crippen molar-refractivity contribution in [2.24, 2.45) is 7.05 Å². The Morgan fingerprint density at radius 1 is 1.50 bits per heavy atom. The molecule has 0 unspecified atom stereocenters. The number of hydrogen-bond acceptors (Lipinski definition) is 3. The van der Waals surface area contributed by atoms with Gasteiger partial charge in [-0.3, -0.25) is 0 Å². The third kappa shape index (κ3) is 2.24. The SMILES string of the molecule is COc1cccc(-c2nc(Br)c(CC#N)n2C)c1. The predicted octanol–water partition coefficient (Wildman–Crippen LogP) is 2.92. The number of nitriles is 1. The first-order valence-electron chi connectivity index (χ1n) is 5.40. The van der Waals surface area contributed by atoms with Crippen LogP contribution in [0, 0.1) is 11.3 Å². The molecule has 0 N–H and O–H groups in total. The van der Waals surface area contributed by atoms with Crippen LogP contribution in [0.4, 0.5) is 0 Å². The topological polar surface area (TPSA) is 50.8 Å². The molecule has 0 atom stereocenters. The van der Waals surface area contributed by atoms with Gasteiger partial charge in [0.05, 0.1) is 25.3 Å². The monoisotopic (exact) mass is 305 g/mol. The van der Waals surface area contributed by atoms with Crippen molar-refractivity contribution in [1.29, 1.82) is 5.26 Å². The summed E-state index contributed by atoms with van der Waals surface area (Å²) in [5.74, 6) is 1.60. The minimum Gasteiger partial charge on any atom is -0.497 e. The first-order chi connectivity index (χ1) is 8.67. The fourth-order valence-corrected chi connectivity index (χ4v) is 2.36. The van der Waals surface area contributed by atoms with Crippen molar-refractivity contribution in [3.63, 3.8) is 0 Å². The van der Waals surface area contributed by atoms with Gasteiger partial charge in [-0.2, -0.15) is 5.26 Å². The Morgan fingerprint density at radius 2 is 2.28 bits per heavy atom. The second-order valence-corrected chi connectivity index (χ2v) is 4.55. The molecular formula is C13H12BrN3O. The largest absolute Gasteiger partial charge is 0.497 e. The zero-order chi connectivity index (χ0) is 13.1. The van der Waals surface area contributed by atoms with Crippen LogP contribution in [0.2, 0.25) is 0 Å². The number of nitrogens with zero attached hydrogens (tertiary/aromatic N) is 3. The number of hydrogen-bond donors (Lipinski definition) is 0. The summed E-state index contributed by atoms with van der Waals surface area (Å²) in [6.45, 7) is 0. The average Bonchev–Trinajstić information content (AvgIpc) is 2.67. The van der Waals surface area contributed by atoms with E-state index in [0.717, 1.165) is 22.8 Å². The zero-order valence-corrected chi connectivity index (χ0v) is 11.7. The van der Waals surface area contributed by atoms with Gasteiger partial charge < -0.3 is 9.30 Å². The quantitative estimate of drug-likeness (QED) is 0.876. The van der Waals surface area contributed by atoms with Crippen LogP contribution in [0.3, 0.4) is 0 Å². The summed E-state index contributed by atoms with van der Waals surface area (Å²) in [5.41, 5.74) is 1.83. The van der Waals surface area contributed by atoms with Gasteiger partial charge >= 0.3 is 0 Å². The van der Waals surface area contributed by atoms with Crippen LogP contribution in [-0.2, 0) is 13.5 Å². The van der Waals surface area contributed by atoms with Crippen molar-refractivity contribution in [3.05, 3.63) is 34.6 Å². The first kappa shape index (κ1) is 12.7. The highest BCUT2D eigenvalue weighted by molar-refractivity contribution is 9.10. The summed E-state index contributed by atoms with van der Waals surface area (Å²) >= 11 is 3.39. The van der Waals surface area contributed by atoms with E-state index in [0.29, 0.717) is 11.0 Å². The van der Waals surface area contributed by atoms with E-state index in [1.165, 1.54) is 0 Å². The summed E-state index contributed by atoms with van der Waals surface area (Å²) in [6.07, 6.45) is 0.327. The molecule has 5 heteroatoms. The number of methoxy groups -OCH3 is 1. The van der Waals surface area contributed by atoms with Gasteiger partial charge in [0.1, 0.15) is 16.2 Å². The lowest BCUT2D eigenvalue weighted by Gasteiger charge is -2.05. The van der Waals surface area contributed by atoms with Gasteiger partial charge in [-0.05, 0) is 28.1 Å². The highest BCUT2D eigenvalue weighted by Crippen LogP contribution is 2.27. The summed E-state index contributed by atoms with van der Waals surface area (Å²) in [7, 11) is 3.54. The molecule has 18 heavy (non-hydrogen) atoms. The number of ether oxygens (including phenoxy) is 1. The van der Waals surface area contributed by atoms with Gasteiger partial charge in [0.25, 0.3) is 0 Å². The summed E-state index contributed by atoms with van der Waals surface area (Å²) < 4.78 is 7.83. The highest BCUT2D eigenvalue weighted by Gasteiger charge is 2.14. The van der Waals surface area contributed by atoms with Crippen LogP contribution >= 0.6 is 15.9 Å². The van der Waals surface area contributed by atoms with E-state index in [1.54, 1.807) is 7.11 Å². The van der Waals surface area contributed by atoms with E-state index in [-0.39, 0.29) is 0 Å². The van der Waals surface area contributed by atoms with Crippen molar-refractivity contribution in [2.75, 3.05) is 7.11 Å². The minimum absolute atomic E-state index is 0.327. The molecule has 0 aliphatic carbocycles. The molecule has 1 heterocycles. The van der Waals surface area contributed by atoms with Crippen molar-refractivity contribution >= 4 is 15.9 Å². The van der Waals surface area contributed by atoms with E-state index >= 15 is 0 Å². The minimum atomic E-state index is 0.327. The molecule has 2 rings (SSSR count). The Hall–Kier alpha value is -1.80. The number of benzene rings is 1. The number of imidazole rings is 1. The van der Waals surface area contributed by atoms with Crippen molar-refractivity contribution in [2.45, 2.75) is 6.42 Å². The Morgan fingerprint density at radius 3 is 2.94 bits per heavy atom. The molecule has 0 aliphatic heterocycles. The van der Waals surface area contributed by atoms with Crippen LogP contribution in [-0.4, -0.2) is 16.7 Å². The average molecular weight is 306 g/mol. The second-order valence-electron chi connectivity index (χ2n) is 3.80. The molecule has 0 saturated heterocycles. The highest BCUT2D eigenvalue weighted by atomic mass is 79.9. The molecule has 1 aromatic carbocycles. The van der Waals surface area contributed by atoms with Crippen LogP contribution in [0.1, 0.15) is 5.69 Å². The van der Waals surface area contributed by atoms with Gasteiger partial charge in [-0.15, -0.1) is 0 Å². The standard InChI is InChI=1S/C13H12BrN3O/c1-17-11(6-7-15)12(14)16-13(17)9-4-3-5-10(8-9)18-2/h3-5,8H,6H2,1-2H3. The summed E-state index contributed by atoms with van der Waals surface area (Å²) in [5, 5.41) is 8.80. The molecule has 0 spiro atoms. The first-order valence-corrected chi connectivity index (χ1v) is 6.19. The molecular weight excluding hydrogens is 294 g/mol.